The molecular weight excluding hydrogens is 124 g/mol. The van der Waals surface area contributed by atoms with Crippen molar-refractivity contribution in [3.8, 4) is 0 Å². The summed E-state index contributed by atoms with van der Waals surface area (Å²) in [6, 6.07) is 0. The molecule has 0 saturated heterocycles. The number of allylic oxidation sites excluding steroid dienone is 2. The molecule has 0 spiro atoms. The van der Waals surface area contributed by atoms with Gasteiger partial charge in [0, 0.05) is 0 Å². The third kappa shape index (κ3) is 3.44. The van der Waals surface area contributed by atoms with E-state index in [1.807, 2.05) is 6.92 Å². The van der Waals surface area contributed by atoms with E-state index in [1.54, 1.807) is 6.08 Å². The SMILES string of the molecule is CCCC(C)C(C)=CC=O. The van der Waals surface area contributed by atoms with Gasteiger partial charge in [-0.05, 0) is 25.3 Å². The van der Waals surface area contributed by atoms with E-state index in [1.165, 1.54) is 18.4 Å². The first-order valence-corrected chi connectivity index (χ1v) is 3.84. The van der Waals surface area contributed by atoms with Crippen molar-refractivity contribution in [2.24, 2.45) is 5.92 Å². The number of rotatable bonds is 4. The minimum atomic E-state index is 0.565. The van der Waals surface area contributed by atoms with Gasteiger partial charge in [0.15, 0.2) is 0 Å². The van der Waals surface area contributed by atoms with Crippen molar-refractivity contribution >= 4 is 6.29 Å². The van der Waals surface area contributed by atoms with Crippen molar-refractivity contribution in [3.63, 3.8) is 0 Å². The molecule has 0 radical (unpaired) electrons. The highest BCUT2D eigenvalue weighted by Crippen LogP contribution is 2.14. The van der Waals surface area contributed by atoms with Crippen LogP contribution >= 0.6 is 0 Å². The van der Waals surface area contributed by atoms with Gasteiger partial charge in [0.1, 0.15) is 6.29 Å². The van der Waals surface area contributed by atoms with Gasteiger partial charge in [-0.1, -0.05) is 25.8 Å². The highest BCUT2D eigenvalue weighted by atomic mass is 16.1. The average Bonchev–Trinajstić information content (AvgIpc) is 1.89. The van der Waals surface area contributed by atoms with Crippen LogP contribution in [0.2, 0.25) is 0 Å². The molecule has 1 nitrogen and oxygen atoms in total. The first-order chi connectivity index (χ1) is 4.72. The molecule has 1 unspecified atom stereocenters. The standard InChI is InChI=1S/C9H16O/c1-4-5-8(2)9(3)6-7-10/h6-8H,4-5H2,1-3H3. The lowest BCUT2D eigenvalue weighted by atomic mass is 9.98. The topological polar surface area (TPSA) is 17.1 Å². The van der Waals surface area contributed by atoms with E-state index in [-0.39, 0.29) is 0 Å². The zero-order valence-corrected chi connectivity index (χ0v) is 7.05. The summed E-state index contributed by atoms with van der Waals surface area (Å²) in [5.41, 5.74) is 1.19. The Hall–Kier alpha value is -0.590. The summed E-state index contributed by atoms with van der Waals surface area (Å²) in [5, 5.41) is 0. The molecule has 0 aromatic carbocycles. The van der Waals surface area contributed by atoms with Crippen LogP contribution in [0.25, 0.3) is 0 Å². The molecular formula is C9H16O. The number of hydrogen-bond acceptors (Lipinski definition) is 1. The molecule has 0 aliphatic heterocycles. The summed E-state index contributed by atoms with van der Waals surface area (Å²) >= 11 is 0. The van der Waals surface area contributed by atoms with Crippen molar-refractivity contribution in [1.29, 1.82) is 0 Å². The molecule has 0 N–H and O–H groups in total. The van der Waals surface area contributed by atoms with Crippen molar-refractivity contribution < 1.29 is 4.79 Å². The van der Waals surface area contributed by atoms with E-state index < -0.39 is 0 Å². The fourth-order valence-corrected chi connectivity index (χ4v) is 0.932. The predicted molar refractivity (Wildman–Crippen MR) is 43.9 cm³/mol. The molecule has 0 aromatic heterocycles. The molecule has 0 aliphatic rings. The van der Waals surface area contributed by atoms with Gasteiger partial charge < -0.3 is 0 Å². The fourth-order valence-electron chi connectivity index (χ4n) is 0.932. The number of carbonyl (C=O) groups excluding carboxylic acids is 1. The lowest BCUT2D eigenvalue weighted by Gasteiger charge is -2.08. The Bertz CT molecular complexity index is 125. The van der Waals surface area contributed by atoms with Crippen molar-refractivity contribution in [3.05, 3.63) is 11.6 Å². The molecule has 0 saturated carbocycles. The van der Waals surface area contributed by atoms with Gasteiger partial charge in [0.25, 0.3) is 0 Å². The zero-order valence-electron chi connectivity index (χ0n) is 7.05. The molecule has 1 heteroatoms. The van der Waals surface area contributed by atoms with Gasteiger partial charge in [0.05, 0.1) is 0 Å². The quantitative estimate of drug-likeness (QED) is 0.433. The lowest BCUT2D eigenvalue weighted by molar-refractivity contribution is -0.104. The third-order valence-corrected chi connectivity index (χ3v) is 1.83. The zero-order chi connectivity index (χ0) is 7.98. The van der Waals surface area contributed by atoms with Crippen molar-refractivity contribution in [1.82, 2.24) is 0 Å². The molecule has 0 amide bonds. The molecule has 58 valence electrons. The first-order valence-electron chi connectivity index (χ1n) is 3.84. The van der Waals surface area contributed by atoms with Crippen LogP contribution in [-0.2, 0) is 4.79 Å². The van der Waals surface area contributed by atoms with E-state index in [4.69, 9.17) is 0 Å². The Morgan fingerprint density at radius 3 is 2.60 bits per heavy atom. The van der Waals surface area contributed by atoms with Gasteiger partial charge in [-0.15, -0.1) is 0 Å². The Kier molecular flexibility index (Phi) is 4.91. The maximum absolute atomic E-state index is 10.0. The maximum Gasteiger partial charge on any atom is 0.142 e. The normalized spacial score (nSPS) is 14.9. The molecule has 0 bridgehead atoms. The van der Waals surface area contributed by atoms with Crippen LogP contribution in [0.5, 0.6) is 0 Å². The maximum atomic E-state index is 10.0. The Morgan fingerprint density at radius 1 is 1.60 bits per heavy atom. The van der Waals surface area contributed by atoms with Crippen molar-refractivity contribution in [2.75, 3.05) is 0 Å². The molecule has 0 heterocycles. The van der Waals surface area contributed by atoms with Crippen LogP contribution in [-0.4, -0.2) is 6.29 Å². The van der Waals surface area contributed by atoms with Gasteiger partial charge in [-0.2, -0.15) is 0 Å². The summed E-state index contributed by atoms with van der Waals surface area (Å²) in [4.78, 5) is 10.0. The van der Waals surface area contributed by atoms with Crippen molar-refractivity contribution in [2.45, 2.75) is 33.6 Å². The minimum absolute atomic E-state index is 0.565. The van der Waals surface area contributed by atoms with E-state index in [0.29, 0.717) is 5.92 Å². The molecule has 10 heavy (non-hydrogen) atoms. The number of hydrogen-bond donors (Lipinski definition) is 0. The second kappa shape index (κ2) is 5.21. The second-order valence-electron chi connectivity index (χ2n) is 2.74. The average molecular weight is 140 g/mol. The first kappa shape index (κ1) is 9.41. The van der Waals surface area contributed by atoms with Crippen LogP contribution in [0.4, 0.5) is 0 Å². The number of carbonyl (C=O) groups is 1. The van der Waals surface area contributed by atoms with E-state index in [0.717, 1.165) is 6.29 Å². The fraction of sp³-hybridized carbons (Fsp3) is 0.667. The highest BCUT2D eigenvalue weighted by Gasteiger charge is 2.00. The summed E-state index contributed by atoms with van der Waals surface area (Å²) < 4.78 is 0. The molecule has 0 aromatic rings. The van der Waals surface area contributed by atoms with Crippen LogP contribution in [0.15, 0.2) is 11.6 Å². The summed E-state index contributed by atoms with van der Waals surface area (Å²) in [6.07, 6.45) is 4.88. The van der Waals surface area contributed by atoms with Gasteiger partial charge in [-0.3, -0.25) is 4.79 Å². The Labute approximate surface area is 63.1 Å². The van der Waals surface area contributed by atoms with Crippen LogP contribution in [0.1, 0.15) is 33.6 Å². The minimum Gasteiger partial charge on any atom is -0.299 e. The van der Waals surface area contributed by atoms with Gasteiger partial charge in [-0.25, -0.2) is 0 Å². The van der Waals surface area contributed by atoms with Crippen LogP contribution in [0, 0.1) is 5.92 Å². The Morgan fingerprint density at radius 2 is 2.20 bits per heavy atom. The third-order valence-electron chi connectivity index (χ3n) is 1.83. The largest absolute Gasteiger partial charge is 0.299 e. The molecule has 0 rings (SSSR count). The summed E-state index contributed by atoms with van der Waals surface area (Å²) in [6.45, 7) is 6.32. The summed E-state index contributed by atoms with van der Waals surface area (Å²) in [5.74, 6) is 0.565. The second-order valence-corrected chi connectivity index (χ2v) is 2.74. The van der Waals surface area contributed by atoms with Crippen LogP contribution < -0.4 is 0 Å². The van der Waals surface area contributed by atoms with E-state index >= 15 is 0 Å². The molecule has 0 aliphatic carbocycles. The lowest BCUT2D eigenvalue weighted by Crippen LogP contribution is -1.95. The van der Waals surface area contributed by atoms with E-state index in [9.17, 15) is 4.79 Å². The van der Waals surface area contributed by atoms with Gasteiger partial charge >= 0.3 is 0 Å². The Balaban J connectivity index is 3.80. The van der Waals surface area contributed by atoms with Crippen LogP contribution in [0.3, 0.4) is 0 Å². The monoisotopic (exact) mass is 140 g/mol. The predicted octanol–water partition coefficient (Wildman–Crippen LogP) is 2.57. The van der Waals surface area contributed by atoms with Gasteiger partial charge in [0.2, 0.25) is 0 Å². The number of aldehydes is 1. The highest BCUT2D eigenvalue weighted by molar-refractivity contribution is 5.66. The summed E-state index contributed by atoms with van der Waals surface area (Å²) in [7, 11) is 0. The smallest absolute Gasteiger partial charge is 0.142 e. The van der Waals surface area contributed by atoms with E-state index in [2.05, 4.69) is 13.8 Å². The molecule has 1 atom stereocenters. The molecule has 0 fully saturated rings.